The summed E-state index contributed by atoms with van der Waals surface area (Å²) in [5, 5.41) is 0. The van der Waals surface area contributed by atoms with Gasteiger partial charge >= 0.3 is 0 Å². The summed E-state index contributed by atoms with van der Waals surface area (Å²) < 4.78 is 5.19. The maximum atomic E-state index is 12.0. The maximum absolute atomic E-state index is 12.0. The van der Waals surface area contributed by atoms with Crippen LogP contribution in [-0.4, -0.2) is 24.4 Å². The molecule has 1 aromatic carbocycles. The first-order valence-electron chi connectivity index (χ1n) is 6.23. The summed E-state index contributed by atoms with van der Waals surface area (Å²) in [6.07, 6.45) is 1.32. The van der Waals surface area contributed by atoms with Gasteiger partial charge in [-0.15, -0.1) is 0 Å². The van der Waals surface area contributed by atoms with Crippen LogP contribution in [0.25, 0.3) is 0 Å². The second-order valence-electron chi connectivity index (χ2n) is 4.71. The molecule has 1 aliphatic carbocycles. The van der Waals surface area contributed by atoms with Crippen molar-refractivity contribution in [3.63, 3.8) is 0 Å². The van der Waals surface area contributed by atoms with Crippen molar-refractivity contribution in [2.24, 2.45) is 10.9 Å². The quantitative estimate of drug-likeness (QED) is 0.836. The number of methoxy groups -OCH3 is 1. The van der Waals surface area contributed by atoms with Crippen LogP contribution in [0.2, 0.25) is 0 Å². The third-order valence-electron chi connectivity index (χ3n) is 3.24. The van der Waals surface area contributed by atoms with Crippen molar-refractivity contribution in [2.75, 3.05) is 12.8 Å². The number of ketones is 2. The lowest BCUT2D eigenvalue weighted by molar-refractivity contribution is -0.119. The van der Waals surface area contributed by atoms with Gasteiger partial charge in [0.15, 0.2) is 5.78 Å². The number of nitrogen functional groups attached to an aromatic ring is 1. The molecule has 2 N–H and O–H groups in total. The molecule has 0 aromatic heterocycles. The second kappa shape index (κ2) is 5.28. The molecule has 2 rings (SSSR count). The number of allylic oxidation sites excluding steroid dienone is 2. The summed E-state index contributed by atoms with van der Waals surface area (Å²) in [5.41, 5.74) is 7.39. The fraction of sp³-hybridized carbons (Fsp3) is 0.267. The van der Waals surface area contributed by atoms with Crippen LogP contribution < -0.4 is 10.5 Å². The number of nitrogens with two attached hydrogens (primary N) is 1. The Balaban J connectivity index is 2.50. The van der Waals surface area contributed by atoms with Crippen molar-refractivity contribution in [2.45, 2.75) is 13.8 Å². The Hall–Kier alpha value is -2.43. The number of hydrogen-bond donors (Lipinski definition) is 1. The fourth-order valence-electron chi connectivity index (χ4n) is 2.09. The Kier molecular flexibility index (Phi) is 3.70. The average Bonchev–Trinajstić information content (AvgIpc) is 2.42. The van der Waals surface area contributed by atoms with Crippen LogP contribution in [0.1, 0.15) is 13.8 Å². The van der Waals surface area contributed by atoms with Gasteiger partial charge in [-0.3, -0.25) is 9.59 Å². The highest BCUT2D eigenvalue weighted by Crippen LogP contribution is 2.31. The zero-order valence-electron chi connectivity index (χ0n) is 11.6. The van der Waals surface area contributed by atoms with E-state index in [1.54, 1.807) is 32.0 Å². The number of carbonyl (C=O) groups is 2. The number of rotatable bonds is 2. The van der Waals surface area contributed by atoms with Crippen molar-refractivity contribution in [3.05, 3.63) is 29.8 Å². The average molecular weight is 272 g/mol. The molecule has 0 heterocycles. The predicted molar refractivity (Wildman–Crippen MR) is 77.4 cm³/mol. The van der Waals surface area contributed by atoms with Crippen LogP contribution in [0.4, 0.5) is 11.4 Å². The van der Waals surface area contributed by atoms with Crippen LogP contribution in [0.5, 0.6) is 5.75 Å². The number of hydrogen-bond acceptors (Lipinski definition) is 5. The smallest absolute Gasteiger partial charge is 0.201 e. The lowest BCUT2D eigenvalue weighted by atomic mass is 9.87. The third-order valence-corrected chi connectivity index (χ3v) is 3.24. The van der Waals surface area contributed by atoms with Gasteiger partial charge in [0.05, 0.1) is 18.7 Å². The van der Waals surface area contributed by atoms with Crippen molar-refractivity contribution < 1.29 is 14.3 Å². The van der Waals surface area contributed by atoms with Gasteiger partial charge in [-0.2, -0.15) is 0 Å². The number of Topliss-reactive ketones (excluding diaryl/α,β-unsaturated/α-hetero) is 1. The molecular weight excluding hydrogens is 256 g/mol. The molecule has 0 radical (unpaired) electrons. The maximum Gasteiger partial charge on any atom is 0.201 e. The van der Waals surface area contributed by atoms with E-state index in [1.165, 1.54) is 13.2 Å². The molecule has 104 valence electrons. The van der Waals surface area contributed by atoms with Crippen LogP contribution >= 0.6 is 0 Å². The zero-order valence-corrected chi connectivity index (χ0v) is 11.6. The lowest BCUT2D eigenvalue weighted by Crippen LogP contribution is -2.32. The summed E-state index contributed by atoms with van der Waals surface area (Å²) >= 11 is 0. The Bertz CT molecular complexity index is 645. The molecule has 20 heavy (non-hydrogen) atoms. The number of ether oxygens (including phenoxy) is 1. The minimum Gasteiger partial charge on any atom is -0.494 e. The molecule has 0 bridgehead atoms. The topological polar surface area (TPSA) is 81.8 Å². The molecule has 0 aliphatic heterocycles. The van der Waals surface area contributed by atoms with Gasteiger partial charge in [-0.1, -0.05) is 0 Å². The van der Waals surface area contributed by atoms with E-state index in [4.69, 9.17) is 10.5 Å². The van der Waals surface area contributed by atoms with Gasteiger partial charge in [0.25, 0.3) is 0 Å². The first-order chi connectivity index (χ1) is 9.43. The van der Waals surface area contributed by atoms with Gasteiger partial charge in [-0.05, 0) is 37.6 Å². The minimum absolute atomic E-state index is 0.0854. The Labute approximate surface area is 117 Å². The van der Waals surface area contributed by atoms with E-state index >= 15 is 0 Å². The van der Waals surface area contributed by atoms with E-state index in [-0.39, 0.29) is 17.3 Å². The molecule has 0 saturated heterocycles. The predicted octanol–water partition coefficient (Wildman–Crippen LogP) is 2.08. The molecule has 5 nitrogen and oxygen atoms in total. The zero-order chi connectivity index (χ0) is 14.9. The first-order valence-corrected chi connectivity index (χ1v) is 6.23. The normalized spacial score (nSPS) is 21.1. The summed E-state index contributed by atoms with van der Waals surface area (Å²) in [4.78, 5) is 28.2. The van der Waals surface area contributed by atoms with Gasteiger partial charge < -0.3 is 10.5 Å². The highest BCUT2D eigenvalue weighted by molar-refractivity contribution is 6.51. The summed E-state index contributed by atoms with van der Waals surface area (Å²) in [5.74, 6) is -0.405. The second-order valence-corrected chi connectivity index (χ2v) is 4.71. The SMILES string of the molecule is COc1cc(N)ccc1N=C1C(=O)C=C(C)C(=O)C1C. The molecular formula is C15H16N2O3. The highest BCUT2D eigenvalue weighted by Gasteiger charge is 2.30. The Morgan fingerprint density at radius 2 is 2.00 bits per heavy atom. The van der Waals surface area contributed by atoms with E-state index in [0.29, 0.717) is 22.7 Å². The van der Waals surface area contributed by atoms with Crippen molar-refractivity contribution in [1.82, 2.24) is 0 Å². The molecule has 0 amide bonds. The largest absolute Gasteiger partial charge is 0.494 e. The molecule has 1 unspecified atom stereocenters. The summed E-state index contributed by atoms with van der Waals surface area (Å²) in [7, 11) is 1.50. The number of benzene rings is 1. The van der Waals surface area contributed by atoms with Crippen LogP contribution in [0.3, 0.4) is 0 Å². The third kappa shape index (κ3) is 2.47. The lowest BCUT2D eigenvalue weighted by Gasteiger charge is -2.17. The molecule has 1 aromatic rings. The van der Waals surface area contributed by atoms with E-state index < -0.39 is 5.92 Å². The van der Waals surface area contributed by atoms with E-state index in [9.17, 15) is 9.59 Å². The number of nitrogens with zero attached hydrogens (tertiary/aromatic N) is 1. The molecule has 1 aliphatic rings. The Morgan fingerprint density at radius 3 is 2.65 bits per heavy atom. The number of aliphatic imine (C=N–C) groups is 1. The van der Waals surface area contributed by atoms with Gasteiger partial charge in [-0.25, -0.2) is 4.99 Å². The molecule has 1 atom stereocenters. The van der Waals surface area contributed by atoms with Crippen molar-refractivity contribution >= 4 is 28.7 Å². The van der Waals surface area contributed by atoms with Crippen molar-refractivity contribution in [1.29, 1.82) is 0 Å². The van der Waals surface area contributed by atoms with Gasteiger partial charge in [0, 0.05) is 11.8 Å². The van der Waals surface area contributed by atoms with Crippen LogP contribution in [-0.2, 0) is 9.59 Å². The van der Waals surface area contributed by atoms with E-state index in [1.807, 2.05) is 0 Å². The Morgan fingerprint density at radius 1 is 1.30 bits per heavy atom. The minimum atomic E-state index is -0.547. The van der Waals surface area contributed by atoms with Crippen LogP contribution in [0.15, 0.2) is 34.8 Å². The first kappa shape index (κ1) is 14.0. The number of anilines is 1. The monoisotopic (exact) mass is 272 g/mol. The fourth-order valence-corrected chi connectivity index (χ4v) is 2.09. The van der Waals surface area contributed by atoms with Gasteiger partial charge in [0.2, 0.25) is 5.78 Å². The van der Waals surface area contributed by atoms with Crippen molar-refractivity contribution in [3.8, 4) is 5.75 Å². The summed E-state index contributed by atoms with van der Waals surface area (Å²) in [6.45, 7) is 3.32. The molecule has 0 spiro atoms. The summed E-state index contributed by atoms with van der Waals surface area (Å²) in [6, 6.07) is 4.96. The highest BCUT2D eigenvalue weighted by atomic mass is 16.5. The van der Waals surface area contributed by atoms with Crippen LogP contribution in [0, 0.1) is 5.92 Å². The molecule has 0 saturated carbocycles. The molecule has 5 heteroatoms. The standard InChI is InChI=1S/C15H16N2O3/c1-8-6-12(18)14(9(2)15(8)19)17-11-5-4-10(16)7-13(11)20-3/h4-7,9H,16H2,1-3H3. The number of carbonyl (C=O) groups excluding carboxylic acids is 2. The van der Waals surface area contributed by atoms with Gasteiger partial charge in [0.1, 0.15) is 11.4 Å². The van der Waals surface area contributed by atoms with E-state index in [0.717, 1.165) is 0 Å². The molecule has 0 fully saturated rings. The van der Waals surface area contributed by atoms with E-state index in [2.05, 4.69) is 4.99 Å².